The molecule has 0 aliphatic carbocycles. The second-order valence-corrected chi connectivity index (χ2v) is 7.22. The van der Waals surface area contributed by atoms with E-state index in [1.807, 2.05) is 12.1 Å². The van der Waals surface area contributed by atoms with Gasteiger partial charge in [0, 0.05) is 50.8 Å². The number of aryl methyl sites for hydroxylation is 1. The molecule has 7 nitrogen and oxygen atoms in total. The molecule has 0 bridgehead atoms. The lowest BCUT2D eigenvalue weighted by molar-refractivity contribution is 0.0945. The SMILES string of the molecule is Cc1ccccc1N1CCN(Cc2nc(C(=O)NCc3cccnc3)co2)CC1. The van der Waals surface area contributed by atoms with Gasteiger partial charge in [0.1, 0.15) is 6.26 Å². The highest BCUT2D eigenvalue weighted by molar-refractivity contribution is 5.91. The molecule has 0 atom stereocenters. The predicted molar refractivity (Wildman–Crippen MR) is 111 cm³/mol. The van der Waals surface area contributed by atoms with Crippen LogP contribution in [0.3, 0.4) is 0 Å². The molecule has 150 valence electrons. The van der Waals surface area contributed by atoms with Crippen LogP contribution < -0.4 is 10.2 Å². The molecule has 1 N–H and O–H groups in total. The molecule has 1 aliphatic heterocycles. The minimum Gasteiger partial charge on any atom is -0.447 e. The lowest BCUT2D eigenvalue weighted by Crippen LogP contribution is -2.46. The Morgan fingerprint density at radius 3 is 2.72 bits per heavy atom. The number of oxazole rings is 1. The van der Waals surface area contributed by atoms with Crippen molar-refractivity contribution in [3.05, 3.63) is 77.8 Å². The minimum absolute atomic E-state index is 0.242. The first-order valence-electron chi connectivity index (χ1n) is 9.83. The van der Waals surface area contributed by atoms with Gasteiger partial charge in [-0.1, -0.05) is 24.3 Å². The van der Waals surface area contributed by atoms with Crippen LogP contribution in [0.25, 0.3) is 0 Å². The number of anilines is 1. The van der Waals surface area contributed by atoms with Gasteiger partial charge in [-0.05, 0) is 30.2 Å². The average Bonchev–Trinajstić information content (AvgIpc) is 3.22. The maximum Gasteiger partial charge on any atom is 0.273 e. The summed E-state index contributed by atoms with van der Waals surface area (Å²) >= 11 is 0. The Kier molecular flexibility index (Phi) is 5.86. The van der Waals surface area contributed by atoms with Crippen molar-refractivity contribution in [2.75, 3.05) is 31.1 Å². The Balaban J connectivity index is 1.27. The molecule has 1 aromatic carbocycles. The Labute approximate surface area is 170 Å². The molecule has 0 unspecified atom stereocenters. The highest BCUT2D eigenvalue weighted by Crippen LogP contribution is 2.21. The van der Waals surface area contributed by atoms with Crippen molar-refractivity contribution in [2.24, 2.45) is 0 Å². The van der Waals surface area contributed by atoms with Gasteiger partial charge < -0.3 is 14.6 Å². The number of rotatable bonds is 6. The number of para-hydroxylation sites is 1. The quantitative estimate of drug-likeness (QED) is 0.696. The number of pyridine rings is 1. The van der Waals surface area contributed by atoms with E-state index < -0.39 is 0 Å². The second kappa shape index (κ2) is 8.87. The topological polar surface area (TPSA) is 74.5 Å². The van der Waals surface area contributed by atoms with Crippen LogP contribution >= 0.6 is 0 Å². The summed E-state index contributed by atoms with van der Waals surface area (Å²) < 4.78 is 5.53. The number of carbonyl (C=O) groups is 1. The third kappa shape index (κ3) is 4.81. The zero-order chi connectivity index (χ0) is 20.1. The van der Waals surface area contributed by atoms with Crippen molar-refractivity contribution in [3.63, 3.8) is 0 Å². The average molecular weight is 391 g/mol. The number of aromatic nitrogens is 2. The molecule has 29 heavy (non-hydrogen) atoms. The van der Waals surface area contributed by atoms with Gasteiger partial charge in [-0.3, -0.25) is 14.7 Å². The summed E-state index contributed by atoms with van der Waals surface area (Å²) in [6, 6.07) is 12.2. The van der Waals surface area contributed by atoms with Crippen molar-refractivity contribution in [2.45, 2.75) is 20.0 Å². The van der Waals surface area contributed by atoms with Crippen molar-refractivity contribution >= 4 is 11.6 Å². The van der Waals surface area contributed by atoms with E-state index in [0.717, 1.165) is 31.7 Å². The zero-order valence-electron chi connectivity index (χ0n) is 16.5. The van der Waals surface area contributed by atoms with Gasteiger partial charge in [0.15, 0.2) is 5.69 Å². The molecular formula is C22H25N5O2. The number of nitrogens with one attached hydrogen (secondary N) is 1. The van der Waals surface area contributed by atoms with Crippen molar-refractivity contribution < 1.29 is 9.21 Å². The van der Waals surface area contributed by atoms with E-state index in [0.29, 0.717) is 24.7 Å². The van der Waals surface area contributed by atoms with Gasteiger partial charge in [-0.2, -0.15) is 0 Å². The summed E-state index contributed by atoms with van der Waals surface area (Å²) in [4.78, 5) is 25.4. The lowest BCUT2D eigenvalue weighted by atomic mass is 10.1. The van der Waals surface area contributed by atoms with Crippen LogP contribution in [-0.4, -0.2) is 47.0 Å². The first-order valence-corrected chi connectivity index (χ1v) is 9.83. The van der Waals surface area contributed by atoms with Crippen LogP contribution in [0.1, 0.15) is 27.5 Å². The third-order valence-electron chi connectivity index (χ3n) is 5.15. The molecule has 0 spiro atoms. The van der Waals surface area contributed by atoms with Crippen molar-refractivity contribution in [1.29, 1.82) is 0 Å². The zero-order valence-corrected chi connectivity index (χ0v) is 16.5. The van der Waals surface area contributed by atoms with E-state index >= 15 is 0 Å². The first kappa shape index (κ1) is 19.1. The Morgan fingerprint density at radius 2 is 1.97 bits per heavy atom. The number of hydrogen-bond donors (Lipinski definition) is 1. The molecule has 1 amide bonds. The first-order chi connectivity index (χ1) is 14.2. The maximum atomic E-state index is 12.3. The highest BCUT2D eigenvalue weighted by Gasteiger charge is 2.20. The molecule has 1 saturated heterocycles. The van der Waals surface area contributed by atoms with E-state index in [1.165, 1.54) is 17.5 Å². The fourth-order valence-corrected chi connectivity index (χ4v) is 3.52. The van der Waals surface area contributed by atoms with Crippen LogP contribution in [0, 0.1) is 6.92 Å². The molecule has 1 aliphatic rings. The van der Waals surface area contributed by atoms with E-state index in [1.54, 1.807) is 12.4 Å². The molecular weight excluding hydrogens is 366 g/mol. The summed E-state index contributed by atoms with van der Waals surface area (Å²) in [7, 11) is 0. The highest BCUT2D eigenvalue weighted by atomic mass is 16.3. The van der Waals surface area contributed by atoms with E-state index in [9.17, 15) is 4.79 Å². The smallest absolute Gasteiger partial charge is 0.273 e. The van der Waals surface area contributed by atoms with E-state index in [2.05, 4.69) is 56.3 Å². The monoisotopic (exact) mass is 391 g/mol. The Morgan fingerprint density at radius 1 is 1.14 bits per heavy atom. The molecule has 1 fully saturated rings. The van der Waals surface area contributed by atoms with E-state index in [4.69, 9.17) is 4.42 Å². The third-order valence-corrected chi connectivity index (χ3v) is 5.15. The van der Waals surface area contributed by atoms with Gasteiger partial charge in [-0.15, -0.1) is 0 Å². The standard InChI is InChI=1S/C22H25N5O2/c1-17-5-2-3-7-20(17)27-11-9-26(10-12-27)15-21-25-19(16-29-21)22(28)24-14-18-6-4-8-23-13-18/h2-8,13,16H,9-12,14-15H2,1H3,(H,24,28). The maximum absolute atomic E-state index is 12.3. The van der Waals surface area contributed by atoms with Crippen LogP contribution in [0.4, 0.5) is 5.69 Å². The molecule has 4 rings (SSSR count). The number of piperazine rings is 1. The number of hydrogen-bond acceptors (Lipinski definition) is 6. The predicted octanol–water partition coefficient (Wildman–Crippen LogP) is 2.63. The molecule has 3 heterocycles. The van der Waals surface area contributed by atoms with Crippen LogP contribution in [0.5, 0.6) is 0 Å². The number of nitrogens with zero attached hydrogens (tertiary/aromatic N) is 4. The number of carbonyl (C=O) groups excluding carboxylic acids is 1. The summed E-state index contributed by atoms with van der Waals surface area (Å²) in [5.41, 5.74) is 3.85. The molecule has 0 saturated carbocycles. The van der Waals surface area contributed by atoms with Crippen LogP contribution in [-0.2, 0) is 13.1 Å². The lowest BCUT2D eigenvalue weighted by Gasteiger charge is -2.36. The summed E-state index contributed by atoms with van der Waals surface area (Å²) in [5.74, 6) is 0.328. The fourth-order valence-electron chi connectivity index (χ4n) is 3.52. The van der Waals surface area contributed by atoms with Gasteiger partial charge >= 0.3 is 0 Å². The molecule has 3 aromatic rings. The molecule has 0 radical (unpaired) electrons. The summed E-state index contributed by atoms with van der Waals surface area (Å²) in [5, 5.41) is 2.84. The fraction of sp³-hybridized carbons (Fsp3) is 0.318. The van der Waals surface area contributed by atoms with Crippen molar-refractivity contribution in [3.8, 4) is 0 Å². The van der Waals surface area contributed by atoms with Crippen molar-refractivity contribution in [1.82, 2.24) is 20.2 Å². The molecule has 2 aromatic heterocycles. The minimum atomic E-state index is -0.242. The van der Waals surface area contributed by atoms with Gasteiger partial charge in [0.2, 0.25) is 5.89 Å². The van der Waals surface area contributed by atoms with E-state index in [-0.39, 0.29) is 5.91 Å². The number of benzene rings is 1. The second-order valence-electron chi connectivity index (χ2n) is 7.22. The summed E-state index contributed by atoms with van der Waals surface area (Å²) in [6.07, 6.45) is 4.86. The Hall–Kier alpha value is -3.19. The summed E-state index contributed by atoms with van der Waals surface area (Å²) in [6.45, 7) is 6.95. The van der Waals surface area contributed by atoms with Gasteiger partial charge in [0.25, 0.3) is 5.91 Å². The number of amides is 1. The van der Waals surface area contributed by atoms with Crippen LogP contribution in [0.2, 0.25) is 0 Å². The normalized spacial score (nSPS) is 14.7. The van der Waals surface area contributed by atoms with Gasteiger partial charge in [-0.25, -0.2) is 4.98 Å². The van der Waals surface area contributed by atoms with Gasteiger partial charge in [0.05, 0.1) is 6.54 Å². The largest absolute Gasteiger partial charge is 0.447 e. The molecule has 7 heteroatoms. The van der Waals surface area contributed by atoms with Crippen LogP contribution in [0.15, 0.2) is 59.5 Å². The Bertz CT molecular complexity index is 949.